The molecule has 0 bridgehead atoms. The molecular weight excluding hydrogens is 279 g/mol. The van der Waals surface area contributed by atoms with Crippen LogP contribution in [-0.4, -0.2) is 32.6 Å². The molecule has 0 saturated carbocycles. The summed E-state index contributed by atoms with van der Waals surface area (Å²) in [7, 11) is -3.33. The Morgan fingerprint density at radius 3 is 2.16 bits per heavy atom. The van der Waals surface area contributed by atoms with E-state index in [1.54, 1.807) is 6.07 Å². The van der Waals surface area contributed by atoms with Crippen LogP contribution in [0.15, 0.2) is 30.3 Å². The smallest absolute Gasteiger partial charge is 0.299 e. The van der Waals surface area contributed by atoms with Crippen LogP contribution in [0.5, 0.6) is 0 Å². The van der Waals surface area contributed by atoms with Crippen LogP contribution in [0.2, 0.25) is 0 Å². The number of alkyl halides is 3. The Hall–Kier alpha value is -1.08. The third kappa shape index (κ3) is 5.61. The van der Waals surface area contributed by atoms with E-state index in [0.717, 1.165) is 6.26 Å². The van der Waals surface area contributed by atoms with Gasteiger partial charge in [-0.1, -0.05) is 30.3 Å². The third-order valence-electron chi connectivity index (χ3n) is 2.46. The second-order valence-corrected chi connectivity index (χ2v) is 6.73. The Morgan fingerprint density at radius 2 is 1.74 bits per heavy atom. The molecule has 0 heterocycles. The van der Waals surface area contributed by atoms with E-state index >= 15 is 0 Å². The molecule has 2 atom stereocenters. The van der Waals surface area contributed by atoms with Gasteiger partial charge in [0.05, 0.1) is 5.75 Å². The van der Waals surface area contributed by atoms with E-state index in [0.29, 0.717) is 0 Å². The Labute approximate surface area is 110 Å². The lowest BCUT2D eigenvalue weighted by atomic mass is 10.1. The Bertz CT molecular complexity index is 499. The molecule has 3 nitrogen and oxygen atoms in total. The molecule has 0 saturated heterocycles. The molecule has 0 amide bonds. The number of halogens is 3. The lowest BCUT2D eigenvalue weighted by Gasteiger charge is -2.25. The fourth-order valence-electron chi connectivity index (χ4n) is 1.81. The number of hydrogen-bond acceptors (Lipinski definition) is 3. The first kappa shape index (κ1) is 16.0. The van der Waals surface area contributed by atoms with Crippen LogP contribution in [-0.2, 0) is 9.84 Å². The second kappa shape index (κ2) is 5.92. The molecule has 0 spiro atoms. The molecule has 0 aromatic heterocycles. The van der Waals surface area contributed by atoms with Crippen molar-refractivity contribution in [2.24, 2.45) is 0 Å². The van der Waals surface area contributed by atoms with Gasteiger partial charge in [-0.3, -0.25) is 5.32 Å². The number of hydrogen-bond donors (Lipinski definition) is 1. The number of nitrogens with one attached hydrogen (secondary N) is 1. The summed E-state index contributed by atoms with van der Waals surface area (Å²) < 4.78 is 61.1. The van der Waals surface area contributed by atoms with Gasteiger partial charge in [0.2, 0.25) is 0 Å². The topological polar surface area (TPSA) is 46.2 Å². The van der Waals surface area contributed by atoms with Crippen molar-refractivity contribution in [1.82, 2.24) is 5.32 Å². The van der Waals surface area contributed by atoms with E-state index in [1.807, 2.05) is 0 Å². The van der Waals surface area contributed by atoms with Crippen molar-refractivity contribution >= 4 is 9.84 Å². The van der Waals surface area contributed by atoms with Gasteiger partial charge in [-0.15, -0.1) is 0 Å². The molecule has 0 aliphatic heterocycles. The molecule has 19 heavy (non-hydrogen) atoms. The van der Waals surface area contributed by atoms with Gasteiger partial charge in [0.15, 0.2) is 0 Å². The normalized spacial score (nSPS) is 16.1. The average Bonchev–Trinajstić information content (AvgIpc) is 2.23. The summed E-state index contributed by atoms with van der Waals surface area (Å²) >= 11 is 0. The van der Waals surface area contributed by atoms with Crippen molar-refractivity contribution in [3.63, 3.8) is 0 Å². The minimum atomic E-state index is -4.48. The molecule has 0 radical (unpaired) electrons. The van der Waals surface area contributed by atoms with E-state index in [1.165, 1.54) is 31.2 Å². The summed E-state index contributed by atoms with van der Waals surface area (Å²) in [6.07, 6.45) is -3.48. The summed E-state index contributed by atoms with van der Waals surface area (Å²) in [5.41, 5.74) is 0.0651. The van der Waals surface area contributed by atoms with Crippen molar-refractivity contribution in [1.29, 1.82) is 0 Å². The van der Waals surface area contributed by atoms with Crippen LogP contribution in [0, 0.1) is 0 Å². The SMILES string of the molecule is CC(CS(C)(=O)=O)NC(c1ccccc1)C(F)(F)F. The maximum atomic E-state index is 13.0. The predicted octanol–water partition coefficient (Wildman–Crippen LogP) is 2.31. The first-order valence-corrected chi connectivity index (χ1v) is 7.71. The zero-order valence-corrected chi connectivity index (χ0v) is 11.4. The summed E-state index contributed by atoms with van der Waals surface area (Å²) in [6.45, 7) is 1.42. The highest BCUT2D eigenvalue weighted by atomic mass is 32.2. The molecule has 0 fully saturated rings. The highest BCUT2D eigenvalue weighted by Gasteiger charge is 2.41. The fraction of sp³-hybridized carbons (Fsp3) is 0.500. The van der Waals surface area contributed by atoms with Crippen molar-refractivity contribution in [3.05, 3.63) is 35.9 Å². The lowest BCUT2D eigenvalue weighted by Crippen LogP contribution is -2.42. The number of rotatable bonds is 5. The van der Waals surface area contributed by atoms with E-state index in [-0.39, 0.29) is 11.3 Å². The zero-order chi connectivity index (χ0) is 14.7. The van der Waals surface area contributed by atoms with E-state index in [4.69, 9.17) is 0 Å². The van der Waals surface area contributed by atoms with Gasteiger partial charge in [0.25, 0.3) is 0 Å². The third-order valence-corrected chi connectivity index (χ3v) is 3.57. The first-order valence-electron chi connectivity index (χ1n) is 5.65. The molecule has 7 heteroatoms. The Morgan fingerprint density at radius 1 is 1.21 bits per heavy atom. The molecule has 1 N–H and O–H groups in total. The minimum Gasteiger partial charge on any atom is -0.299 e. The van der Waals surface area contributed by atoms with Gasteiger partial charge < -0.3 is 0 Å². The first-order chi connectivity index (χ1) is 8.59. The monoisotopic (exact) mass is 295 g/mol. The largest absolute Gasteiger partial charge is 0.407 e. The van der Waals surface area contributed by atoms with Crippen molar-refractivity contribution in [2.45, 2.75) is 25.2 Å². The van der Waals surface area contributed by atoms with Crippen molar-refractivity contribution in [3.8, 4) is 0 Å². The molecule has 1 aromatic carbocycles. The molecule has 0 aliphatic rings. The molecule has 1 aromatic rings. The minimum absolute atomic E-state index is 0.0651. The van der Waals surface area contributed by atoms with Gasteiger partial charge in [-0.2, -0.15) is 13.2 Å². The van der Waals surface area contributed by atoms with Gasteiger partial charge in [-0.05, 0) is 12.5 Å². The Balaban J connectivity index is 2.89. The van der Waals surface area contributed by atoms with E-state index in [2.05, 4.69) is 5.32 Å². The molecular formula is C12H16F3NO2S. The Kier molecular flexibility index (Phi) is 4.98. The van der Waals surface area contributed by atoms with Crippen molar-refractivity contribution in [2.75, 3.05) is 12.0 Å². The predicted molar refractivity (Wildman–Crippen MR) is 67.5 cm³/mol. The highest BCUT2D eigenvalue weighted by molar-refractivity contribution is 7.90. The van der Waals surface area contributed by atoms with Crippen LogP contribution < -0.4 is 5.32 Å². The second-order valence-electron chi connectivity index (χ2n) is 4.55. The maximum Gasteiger partial charge on any atom is 0.407 e. The summed E-state index contributed by atoms with van der Waals surface area (Å²) in [6, 6.07) is 4.70. The molecule has 108 valence electrons. The van der Waals surface area contributed by atoms with Gasteiger partial charge in [-0.25, -0.2) is 8.42 Å². The van der Waals surface area contributed by atoms with Crippen LogP contribution in [0.3, 0.4) is 0 Å². The quantitative estimate of drug-likeness (QED) is 0.906. The number of benzene rings is 1. The molecule has 1 rings (SSSR count). The average molecular weight is 295 g/mol. The summed E-state index contributed by atoms with van der Waals surface area (Å²) in [4.78, 5) is 0. The van der Waals surface area contributed by atoms with E-state index in [9.17, 15) is 21.6 Å². The highest BCUT2D eigenvalue weighted by Crippen LogP contribution is 2.32. The number of sulfone groups is 1. The van der Waals surface area contributed by atoms with Crippen LogP contribution in [0.4, 0.5) is 13.2 Å². The van der Waals surface area contributed by atoms with Gasteiger partial charge in [0.1, 0.15) is 15.9 Å². The lowest BCUT2D eigenvalue weighted by molar-refractivity contribution is -0.159. The van der Waals surface area contributed by atoms with Crippen LogP contribution in [0.25, 0.3) is 0 Å². The standard InChI is InChI=1S/C12H16F3NO2S/c1-9(8-19(2,17)18)16-11(12(13,14)15)10-6-4-3-5-7-10/h3-7,9,11,16H,8H2,1-2H3. The molecule has 0 aliphatic carbocycles. The van der Waals surface area contributed by atoms with Crippen LogP contribution >= 0.6 is 0 Å². The van der Waals surface area contributed by atoms with Crippen LogP contribution in [0.1, 0.15) is 18.5 Å². The summed E-state index contributed by atoms with van der Waals surface area (Å²) in [5.74, 6) is -0.341. The van der Waals surface area contributed by atoms with Gasteiger partial charge >= 0.3 is 6.18 Å². The molecule has 2 unspecified atom stereocenters. The fourth-order valence-corrected chi connectivity index (χ4v) is 2.82. The van der Waals surface area contributed by atoms with Gasteiger partial charge in [0, 0.05) is 12.3 Å². The maximum absolute atomic E-state index is 13.0. The zero-order valence-electron chi connectivity index (χ0n) is 10.6. The summed E-state index contributed by atoms with van der Waals surface area (Å²) in [5, 5.41) is 2.33. The van der Waals surface area contributed by atoms with Crippen molar-refractivity contribution < 1.29 is 21.6 Å². The van der Waals surface area contributed by atoms with E-state index < -0.39 is 28.1 Å².